The Labute approximate surface area is 190 Å². The van der Waals surface area contributed by atoms with E-state index in [0.29, 0.717) is 18.9 Å². The zero-order valence-corrected chi connectivity index (χ0v) is 19.0. The van der Waals surface area contributed by atoms with Gasteiger partial charge in [0.2, 0.25) is 5.91 Å². The van der Waals surface area contributed by atoms with Crippen LogP contribution < -0.4 is 14.8 Å². The molecule has 32 heavy (non-hydrogen) atoms. The maximum atomic E-state index is 12.9. The molecule has 0 saturated carbocycles. The van der Waals surface area contributed by atoms with Crippen LogP contribution in [0.2, 0.25) is 0 Å². The van der Waals surface area contributed by atoms with Gasteiger partial charge in [0.05, 0.1) is 14.2 Å². The van der Waals surface area contributed by atoms with E-state index in [1.54, 1.807) is 26.4 Å². The Kier molecular flexibility index (Phi) is 9.11. The molecule has 0 aliphatic carbocycles. The van der Waals surface area contributed by atoms with Crippen molar-refractivity contribution in [3.05, 3.63) is 65.5 Å². The summed E-state index contributed by atoms with van der Waals surface area (Å²) in [5.74, 6) is 1.84. The van der Waals surface area contributed by atoms with E-state index >= 15 is 0 Å². The van der Waals surface area contributed by atoms with Crippen LogP contribution in [0, 0.1) is 5.82 Å². The first-order chi connectivity index (χ1) is 15.6. The minimum Gasteiger partial charge on any atom is -0.493 e. The molecule has 0 unspecified atom stereocenters. The number of hydrogen-bond acceptors (Lipinski definition) is 4. The van der Waals surface area contributed by atoms with Gasteiger partial charge in [0.1, 0.15) is 5.82 Å². The summed E-state index contributed by atoms with van der Waals surface area (Å²) in [5, 5.41) is 2.97. The summed E-state index contributed by atoms with van der Waals surface area (Å²) < 4.78 is 23.7. The van der Waals surface area contributed by atoms with E-state index in [0.717, 1.165) is 56.0 Å². The van der Waals surface area contributed by atoms with Gasteiger partial charge in [-0.3, -0.25) is 4.79 Å². The van der Waals surface area contributed by atoms with Crippen LogP contribution in [-0.4, -0.2) is 51.2 Å². The summed E-state index contributed by atoms with van der Waals surface area (Å²) in [5.41, 5.74) is 2.19. The second kappa shape index (κ2) is 12.2. The molecule has 0 spiro atoms. The molecular formula is C26H33FN2O3. The molecule has 1 fully saturated rings. The largest absolute Gasteiger partial charge is 0.493 e. The van der Waals surface area contributed by atoms with E-state index in [1.165, 1.54) is 17.7 Å². The quantitative estimate of drug-likeness (QED) is 0.547. The molecule has 2 aromatic rings. The standard InChI is InChI=1S/C26H33FN2O3/c1-31-24-12-9-22(19-25(24)32-2)21-13-17-29(18-14-21)16-4-15-28-26(30)6-3-5-20-7-10-23(27)11-8-20/h3,5,7-12,19,21H,4,6,13-18H2,1-2H3,(H,28,30)/b5-3+. The van der Waals surface area contributed by atoms with Crippen LogP contribution >= 0.6 is 0 Å². The number of rotatable bonds is 10. The number of ether oxygens (including phenoxy) is 2. The first-order valence-electron chi connectivity index (χ1n) is 11.2. The fourth-order valence-electron chi connectivity index (χ4n) is 4.08. The first kappa shape index (κ1) is 23.8. The highest BCUT2D eigenvalue weighted by Gasteiger charge is 2.21. The zero-order chi connectivity index (χ0) is 22.8. The van der Waals surface area contributed by atoms with Gasteiger partial charge in [0, 0.05) is 13.0 Å². The van der Waals surface area contributed by atoms with Crippen molar-refractivity contribution in [2.75, 3.05) is 40.4 Å². The number of carbonyl (C=O) groups is 1. The highest BCUT2D eigenvalue weighted by molar-refractivity contribution is 5.78. The third-order valence-corrected chi connectivity index (χ3v) is 5.92. The zero-order valence-electron chi connectivity index (χ0n) is 19.0. The minimum absolute atomic E-state index is 0.00974. The lowest BCUT2D eigenvalue weighted by Crippen LogP contribution is -2.35. The van der Waals surface area contributed by atoms with E-state index in [2.05, 4.69) is 22.3 Å². The van der Waals surface area contributed by atoms with Crippen molar-refractivity contribution in [3.8, 4) is 11.5 Å². The molecule has 1 heterocycles. The van der Waals surface area contributed by atoms with E-state index in [1.807, 2.05) is 18.2 Å². The third-order valence-electron chi connectivity index (χ3n) is 5.92. The second-order valence-electron chi connectivity index (χ2n) is 8.09. The number of carbonyl (C=O) groups excluding carboxylic acids is 1. The Balaban J connectivity index is 1.31. The molecule has 1 aliphatic heterocycles. The molecule has 1 saturated heterocycles. The van der Waals surface area contributed by atoms with Gasteiger partial charge >= 0.3 is 0 Å². The fraction of sp³-hybridized carbons (Fsp3) is 0.423. The topological polar surface area (TPSA) is 50.8 Å². The van der Waals surface area contributed by atoms with Gasteiger partial charge in [0.25, 0.3) is 0 Å². The lowest BCUT2D eigenvalue weighted by Gasteiger charge is -2.32. The number of piperidine rings is 1. The number of hydrogen-bond donors (Lipinski definition) is 1. The molecule has 0 aromatic heterocycles. The maximum absolute atomic E-state index is 12.9. The monoisotopic (exact) mass is 440 g/mol. The van der Waals surface area contributed by atoms with E-state index in [4.69, 9.17) is 9.47 Å². The molecule has 3 rings (SSSR count). The van der Waals surface area contributed by atoms with Crippen LogP contribution in [0.25, 0.3) is 6.08 Å². The summed E-state index contributed by atoms with van der Waals surface area (Å²) in [6, 6.07) is 12.4. The number of benzene rings is 2. The first-order valence-corrected chi connectivity index (χ1v) is 11.2. The Bertz CT molecular complexity index is 890. The molecule has 1 N–H and O–H groups in total. The van der Waals surface area contributed by atoms with Gasteiger partial charge in [-0.05, 0) is 80.2 Å². The maximum Gasteiger partial charge on any atom is 0.223 e. The SMILES string of the molecule is COc1ccc(C2CCN(CCCNC(=O)C/C=C/c3ccc(F)cc3)CC2)cc1OC. The lowest BCUT2D eigenvalue weighted by atomic mass is 9.89. The number of methoxy groups -OCH3 is 2. The number of halogens is 1. The van der Waals surface area contributed by atoms with Gasteiger partial charge in [-0.1, -0.05) is 30.4 Å². The molecule has 2 aromatic carbocycles. The van der Waals surface area contributed by atoms with Crippen molar-refractivity contribution in [3.63, 3.8) is 0 Å². The summed E-state index contributed by atoms with van der Waals surface area (Å²) in [4.78, 5) is 14.5. The number of likely N-dealkylation sites (tertiary alicyclic amines) is 1. The Morgan fingerprint density at radius 3 is 2.50 bits per heavy atom. The molecule has 172 valence electrons. The van der Waals surface area contributed by atoms with E-state index < -0.39 is 0 Å². The lowest BCUT2D eigenvalue weighted by molar-refractivity contribution is -0.120. The van der Waals surface area contributed by atoms with Crippen LogP contribution in [-0.2, 0) is 4.79 Å². The normalized spacial score (nSPS) is 15.1. The van der Waals surface area contributed by atoms with Gasteiger partial charge < -0.3 is 19.7 Å². The summed E-state index contributed by atoms with van der Waals surface area (Å²) >= 11 is 0. The number of nitrogens with zero attached hydrogens (tertiary/aromatic N) is 1. The van der Waals surface area contributed by atoms with Crippen LogP contribution in [0.5, 0.6) is 11.5 Å². The number of amides is 1. The van der Waals surface area contributed by atoms with E-state index in [-0.39, 0.29) is 11.7 Å². The van der Waals surface area contributed by atoms with Crippen molar-refractivity contribution in [2.24, 2.45) is 0 Å². The van der Waals surface area contributed by atoms with Crippen molar-refractivity contribution in [1.82, 2.24) is 10.2 Å². The average Bonchev–Trinajstić information content (AvgIpc) is 2.83. The molecule has 0 radical (unpaired) electrons. The van der Waals surface area contributed by atoms with Crippen molar-refractivity contribution in [1.29, 1.82) is 0 Å². The second-order valence-corrected chi connectivity index (χ2v) is 8.09. The molecular weight excluding hydrogens is 407 g/mol. The Morgan fingerprint density at radius 2 is 1.81 bits per heavy atom. The summed E-state index contributed by atoms with van der Waals surface area (Å²) in [6.07, 6.45) is 7.15. The highest BCUT2D eigenvalue weighted by Crippen LogP contribution is 2.34. The predicted molar refractivity (Wildman–Crippen MR) is 126 cm³/mol. The van der Waals surface area contributed by atoms with Crippen molar-refractivity contribution < 1.29 is 18.7 Å². The van der Waals surface area contributed by atoms with Gasteiger partial charge in [-0.25, -0.2) is 4.39 Å². The van der Waals surface area contributed by atoms with Gasteiger partial charge in [-0.15, -0.1) is 0 Å². The predicted octanol–water partition coefficient (Wildman–Crippen LogP) is 4.63. The summed E-state index contributed by atoms with van der Waals surface area (Å²) in [6.45, 7) is 3.80. The minimum atomic E-state index is -0.259. The van der Waals surface area contributed by atoms with Crippen LogP contribution in [0.1, 0.15) is 42.7 Å². The van der Waals surface area contributed by atoms with Gasteiger partial charge in [0.15, 0.2) is 11.5 Å². The Morgan fingerprint density at radius 1 is 1.09 bits per heavy atom. The smallest absolute Gasteiger partial charge is 0.223 e. The van der Waals surface area contributed by atoms with Gasteiger partial charge in [-0.2, -0.15) is 0 Å². The summed E-state index contributed by atoms with van der Waals surface area (Å²) in [7, 11) is 3.33. The number of nitrogens with one attached hydrogen (secondary N) is 1. The molecule has 0 atom stereocenters. The average molecular weight is 441 g/mol. The van der Waals surface area contributed by atoms with Crippen LogP contribution in [0.3, 0.4) is 0 Å². The van der Waals surface area contributed by atoms with E-state index in [9.17, 15) is 9.18 Å². The molecule has 0 bridgehead atoms. The molecule has 1 aliphatic rings. The molecule has 1 amide bonds. The molecule has 6 heteroatoms. The molecule has 5 nitrogen and oxygen atoms in total. The van der Waals surface area contributed by atoms with Crippen molar-refractivity contribution in [2.45, 2.75) is 31.6 Å². The van der Waals surface area contributed by atoms with Crippen LogP contribution in [0.15, 0.2) is 48.5 Å². The fourth-order valence-corrected chi connectivity index (χ4v) is 4.08. The highest BCUT2D eigenvalue weighted by atomic mass is 19.1. The third kappa shape index (κ3) is 7.09. The van der Waals surface area contributed by atoms with Crippen LogP contribution in [0.4, 0.5) is 4.39 Å². The van der Waals surface area contributed by atoms with Crippen molar-refractivity contribution >= 4 is 12.0 Å². The Hall–Kier alpha value is -2.86.